The quantitative estimate of drug-likeness (QED) is 0.564. The molecule has 0 atom stereocenters. The fourth-order valence-corrected chi connectivity index (χ4v) is 2.33. The Hall–Kier alpha value is -2.53. The van der Waals surface area contributed by atoms with Crippen LogP contribution in [0.25, 0.3) is 11.0 Å². The lowest BCUT2D eigenvalue weighted by Gasteiger charge is -2.06. The molecule has 0 aliphatic rings. The lowest BCUT2D eigenvalue weighted by molar-refractivity contribution is -0.383. The minimum Gasteiger partial charge on any atom is -0.464 e. The molecule has 0 saturated carbocycles. The van der Waals surface area contributed by atoms with Gasteiger partial charge in [-0.3, -0.25) is 10.1 Å². The highest BCUT2D eigenvalue weighted by molar-refractivity contribution is 6.30. The Kier molecular flexibility index (Phi) is 3.50. The number of nitro benzene ring substituents is 1. The Morgan fingerprint density at radius 1 is 1.24 bits per heavy atom. The highest BCUT2D eigenvalue weighted by Crippen LogP contribution is 2.29. The summed E-state index contributed by atoms with van der Waals surface area (Å²) < 4.78 is 5.44. The van der Waals surface area contributed by atoms with E-state index < -0.39 is 4.92 Å². The maximum absolute atomic E-state index is 11.0. The number of nitro groups is 1. The van der Waals surface area contributed by atoms with Crippen molar-refractivity contribution in [3.63, 3.8) is 0 Å². The van der Waals surface area contributed by atoms with Crippen LogP contribution in [0.1, 0.15) is 5.56 Å². The van der Waals surface area contributed by atoms with Gasteiger partial charge in [-0.25, -0.2) is 0 Å². The van der Waals surface area contributed by atoms with Gasteiger partial charge in [0.2, 0.25) is 0 Å². The van der Waals surface area contributed by atoms with Gasteiger partial charge in [0.05, 0.1) is 11.2 Å². The molecule has 0 fully saturated rings. The van der Waals surface area contributed by atoms with E-state index in [-0.39, 0.29) is 5.69 Å². The molecule has 6 heteroatoms. The normalized spacial score (nSPS) is 10.7. The molecular weight excluding hydrogens is 292 g/mol. The first-order valence-corrected chi connectivity index (χ1v) is 6.66. The SMILES string of the molecule is O=[N+]([O-])c1cc(Cl)ccc1NCc1coc2ccccc12. The van der Waals surface area contributed by atoms with Crippen molar-refractivity contribution in [2.45, 2.75) is 6.54 Å². The molecule has 0 aliphatic carbocycles. The van der Waals surface area contributed by atoms with E-state index in [1.807, 2.05) is 24.3 Å². The number of hydrogen-bond acceptors (Lipinski definition) is 4. The molecule has 0 radical (unpaired) electrons. The van der Waals surface area contributed by atoms with E-state index in [0.717, 1.165) is 16.5 Å². The van der Waals surface area contributed by atoms with Crippen LogP contribution in [0.15, 0.2) is 53.1 Å². The van der Waals surface area contributed by atoms with Gasteiger partial charge >= 0.3 is 0 Å². The molecule has 1 N–H and O–H groups in total. The van der Waals surface area contributed by atoms with Gasteiger partial charge in [0, 0.05) is 28.6 Å². The average molecular weight is 303 g/mol. The van der Waals surface area contributed by atoms with Crippen LogP contribution in [0.2, 0.25) is 5.02 Å². The van der Waals surface area contributed by atoms with Crippen molar-refractivity contribution in [1.82, 2.24) is 0 Å². The number of nitrogens with one attached hydrogen (secondary N) is 1. The highest BCUT2D eigenvalue weighted by Gasteiger charge is 2.14. The third-order valence-corrected chi connectivity index (χ3v) is 3.42. The van der Waals surface area contributed by atoms with E-state index in [2.05, 4.69) is 5.32 Å². The van der Waals surface area contributed by atoms with Crippen LogP contribution in [0.3, 0.4) is 0 Å². The molecule has 0 saturated heterocycles. The van der Waals surface area contributed by atoms with Crippen molar-refractivity contribution >= 4 is 33.9 Å². The molecule has 0 bridgehead atoms. The van der Waals surface area contributed by atoms with Crippen molar-refractivity contribution in [1.29, 1.82) is 0 Å². The molecule has 0 amide bonds. The number of furan rings is 1. The zero-order chi connectivity index (χ0) is 14.8. The third kappa shape index (κ3) is 2.68. The van der Waals surface area contributed by atoms with Gasteiger partial charge in [-0.1, -0.05) is 29.8 Å². The molecule has 2 aromatic carbocycles. The van der Waals surface area contributed by atoms with Crippen LogP contribution in [-0.4, -0.2) is 4.92 Å². The Balaban J connectivity index is 1.87. The largest absolute Gasteiger partial charge is 0.464 e. The Morgan fingerprint density at radius 2 is 2.05 bits per heavy atom. The van der Waals surface area contributed by atoms with Gasteiger partial charge in [0.1, 0.15) is 11.3 Å². The highest BCUT2D eigenvalue weighted by atomic mass is 35.5. The number of hydrogen-bond donors (Lipinski definition) is 1. The van der Waals surface area contributed by atoms with Crippen LogP contribution < -0.4 is 5.32 Å². The Bertz CT molecular complexity index is 814. The number of nitrogens with zero attached hydrogens (tertiary/aromatic N) is 1. The molecule has 5 nitrogen and oxygen atoms in total. The van der Waals surface area contributed by atoms with Crippen LogP contribution in [0, 0.1) is 10.1 Å². The van der Waals surface area contributed by atoms with Crippen molar-refractivity contribution < 1.29 is 9.34 Å². The molecule has 0 spiro atoms. The van der Waals surface area contributed by atoms with Crippen LogP contribution in [0.5, 0.6) is 0 Å². The number of para-hydroxylation sites is 1. The fraction of sp³-hybridized carbons (Fsp3) is 0.0667. The third-order valence-electron chi connectivity index (χ3n) is 3.19. The molecule has 0 unspecified atom stereocenters. The number of benzene rings is 2. The number of halogens is 1. The zero-order valence-electron chi connectivity index (χ0n) is 10.9. The maximum Gasteiger partial charge on any atom is 0.293 e. The molecule has 1 heterocycles. The summed E-state index contributed by atoms with van der Waals surface area (Å²) in [5.41, 5.74) is 2.11. The number of rotatable bonds is 4. The second kappa shape index (κ2) is 5.46. The summed E-state index contributed by atoms with van der Waals surface area (Å²) >= 11 is 5.79. The predicted octanol–water partition coefficient (Wildman–Crippen LogP) is 4.61. The summed E-state index contributed by atoms with van der Waals surface area (Å²) in [5, 5.41) is 15.4. The first kappa shape index (κ1) is 13.5. The number of anilines is 1. The van der Waals surface area contributed by atoms with Crippen molar-refractivity contribution in [2.24, 2.45) is 0 Å². The van der Waals surface area contributed by atoms with Gasteiger partial charge in [-0.05, 0) is 18.2 Å². The summed E-state index contributed by atoms with van der Waals surface area (Å²) in [7, 11) is 0. The van der Waals surface area contributed by atoms with Crippen LogP contribution in [-0.2, 0) is 6.54 Å². The molecule has 21 heavy (non-hydrogen) atoms. The van der Waals surface area contributed by atoms with Crippen molar-refractivity contribution in [3.05, 3.63) is 69.4 Å². The molecular formula is C15H11ClN2O3. The van der Waals surface area contributed by atoms with Gasteiger partial charge in [0.15, 0.2) is 0 Å². The Morgan fingerprint density at radius 3 is 2.86 bits per heavy atom. The van der Waals surface area contributed by atoms with E-state index in [1.165, 1.54) is 6.07 Å². The monoisotopic (exact) mass is 302 g/mol. The summed E-state index contributed by atoms with van der Waals surface area (Å²) in [5.74, 6) is 0. The van der Waals surface area contributed by atoms with Gasteiger partial charge < -0.3 is 9.73 Å². The molecule has 3 aromatic rings. The summed E-state index contributed by atoms with van der Waals surface area (Å²) in [6, 6.07) is 12.2. The summed E-state index contributed by atoms with van der Waals surface area (Å²) in [4.78, 5) is 10.6. The summed E-state index contributed by atoms with van der Waals surface area (Å²) in [6.07, 6.45) is 1.65. The minimum absolute atomic E-state index is 0.0460. The first-order chi connectivity index (χ1) is 10.1. The standard InChI is InChI=1S/C15H11ClN2O3/c16-11-5-6-13(14(7-11)18(19)20)17-8-10-9-21-15-4-2-1-3-12(10)15/h1-7,9,17H,8H2. The Labute approximate surface area is 125 Å². The van der Waals surface area contributed by atoms with E-state index in [0.29, 0.717) is 17.3 Å². The predicted molar refractivity (Wildman–Crippen MR) is 81.6 cm³/mol. The smallest absolute Gasteiger partial charge is 0.293 e. The topological polar surface area (TPSA) is 68.3 Å². The second-order valence-electron chi connectivity index (χ2n) is 4.53. The van der Waals surface area contributed by atoms with Crippen molar-refractivity contribution in [3.8, 4) is 0 Å². The number of fused-ring (bicyclic) bond motifs is 1. The molecule has 0 aliphatic heterocycles. The molecule has 3 rings (SSSR count). The van der Waals surface area contributed by atoms with E-state index in [9.17, 15) is 10.1 Å². The van der Waals surface area contributed by atoms with E-state index >= 15 is 0 Å². The second-order valence-corrected chi connectivity index (χ2v) is 4.97. The van der Waals surface area contributed by atoms with Gasteiger partial charge in [-0.15, -0.1) is 0 Å². The molecule has 106 valence electrons. The summed E-state index contributed by atoms with van der Waals surface area (Å²) in [6.45, 7) is 0.430. The molecule has 1 aromatic heterocycles. The first-order valence-electron chi connectivity index (χ1n) is 6.28. The van der Waals surface area contributed by atoms with Crippen LogP contribution >= 0.6 is 11.6 Å². The maximum atomic E-state index is 11.0. The van der Waals surface area contributed by atoms with Gasteiger partial charge in [0.25, 0.3) is 5.69 Å². The lowest BCUT2D eigenvalue weighted by Crippen LogP contribution is -2.02. The van der Waals surface area contributed by atoms with Crippen LogP contribution in [0.4, 0.5) is 11.4 Å². The zero-order valence-corrected chi connectivity index (χ0v) is 11.6. The van der Waals surface area contributed by atoms with Crippen molar-refractivity contribution in [2.75, 3.05) is 5.32 Å². The van der Waals surface area contributed by atoms with E-state index in [4.69, 9.17) is 16.0 Å². The minimum atomic E-state index is -0.457. The van der Waals surface area contributed by atoms with Gasteiger partial charge in [-0.2, -0.15) is 0 Å². The fourth-order valence-electron chi connectivity index (χ4n) is 2.17. The average Bonchev–Trinajstić information content (AvgIpc) is 2.89. The van der Waals surface area contributed by atoms with E-state index in [1.54, 1.807) is 18.4 Å². The lowest BCUT2D eigenvalue weighted by atomic mass is 10.1.